The molecule has 0 aromatic carbocycles. The average molecular weight is 306 g/mol. The molecule has 5 fully saturated rings. The van der Waals surface area contributed by atoms with E-state index in [0.29, 0.717) is 5.91 Å². The molecule has 0 aromatic heterocycles. The normalized spacial score (nSPS) is 40.8. The predicted molar refractivity (Wildman–Crippen MR) is 85.5 cm³/mol. The molecule has 1 saturated heterocycles. The van der Waals surface area contributed by atoms with Crippen LogP contribution in [0.15, 0.2) is 0 Å². The highest BCUT2D eigenvalue weighted by atomic mass is 16.5. The quantitative estimate of drug-likeness (QED) is 0.790. The summed E-state index contributed by atoms with van der Waals surface area (Å²) in [6.45, 7) is 5.74. The van der Waals surface area contributed by atoms with Crippen LogP contribution in [0.4, 0.5) is 0 Å². The topological polar surface area (TPSA) is 41.6 Å². The Hall–Kier alpha value is -0.610. The van der Waals surface area contributed by atoms with Crippen LogP contribution >= 0.6 is 0 Å². The molecular weight excluding hydrogens is 276 g/mol. The zero-order valence-electron chi connectivity index (χ0n) is 13.7. The first-order chi connectivity index (χ1) is 10.7. The number of carbonyl (C=O) groups excluding carboxylic acids is 1. The highest BCUT2D eigenvalue weighted by Gasteiger charge is 2.54. The number of hydrogen-bond acceptors (Lipinski definition) is 3. The summed E-state index contributed by atoms with van der Waals surface area (Å²) in [4.78, 5) is 15.2. The van der Waals surface area contributed by atoms with E-state index in [-0.39, 0.29) is 5.41 Å². The number of ether oxygens (including phenoxy) is 1. The molecule has 0 spiro atoms. The van der Waals surface area contributed by atoms with Gasteiger partial charge in [-0.25, -0.2) is 0 Å². The fourth-order valence-electron chi connectivity index (χ4n) is 5.91. The van der Waals surface area contributed by atoms with Crippen molar-refractivity contribution in [1.82, 2.24) is 10.2 Å². The molecule has 4 bridgehead atoms. The standard InChI is InChI=1S/C18H30N2O2/c21-17(19-2-1-3-20-4-6-22-7-5-20)18-11-14-8-15(12-18)10-16(9-14)13-18/h14-16H,1-13H2,(H,19,21). The van der Waals surface area contributed by atoms with Crippen LogP contribution in [-0.4, -0.2) is 50.2 Å². The summed E-state index contributed by atoms with van der Waals surface area (Å²) < 4.78 is 5.37. The third kappa shape index (κ3) is 2.92. The maximum absolute atomic E-state index is 12.8. The Kier molecular flexibility index (Phi) is 4.16. The number of hydrogen-bond donors (Lipinski definition) is 1. The van der Waals surface area contributed by atoms with E-state index in [1.165, 1.54) is 38.5 Å². The molecule has 1 heterocycles. The molecule has 0 atom stereocenters. The Morgan fingerprint density at radius 2 is 1.64 bits per heavy atom. The number of nitrogens with zero attached hydrogens (tertiary/aromatic N) is 1. The van der Waals surface area contributed by atoms with Gasteiger partial charge in [-0.05, 0) is 69.2 Å². The molecule has 0 aromatic rings. The van der Waals surface area contributed by atoms with Gasteiger partial charge in [0.15, 0.2) is 0 Å². The summed E-state index contributed by atoms with van der Waals surface area (Å²) in [6.07, 6.45) is 8.81. The minimum Gasteiger partial charge on any atom is -0.379 e. The van der Waals surface area contributed by atoms with Gasteiger partial charge in [-0.1, -0.05) is 0 Å². The van der Waals surface area contributed by atoms with E-state index in [1.807, 2.05) is 0 Å². The van der Waals surface area contributed by atoms with Crippen molar-refractivity contribution in [2.24, 2.45) is 23.2 Å². The number of rotatable bonds is 5. The SMILES string of the molecule is O=C(NCCCN1CCOCC1)C12CC3CC(CC(C3)C1)C2. The first-order valence-electron chi connectivity index (χ1n) is 9.32. The second-order valence-electron chi connectivity index (χ2n) is 8.26. The molecular formula is C18H30N2O2. The molecule has 4 nitrogen and oxygen atoms in total. The lowest BCUT2D eigenvalue weighted by atomic mass is 9.49. The average Bonchev–Trinajstić information content (AvgIpc) is 2.51. The Bertz CT molecular complexity index is 382. The highest BCUT2D eigenvalue weighted by Crippen LogP contribution is 2.60. The summed E-state index contributed by atoms with van der Waals surface area (Å²) in [6, 6.07) is 0. The zero-order valence-corrected chi connectivity index (χ0v) is 13.7. The Morgan fingerprint density at radius 3 is 2.23 bits per heavy atom. The first kappa shape index (κ1) is 14.9. The molecule has 0 unspecified atom stereocenters. The fraction of sp³-hybridized carbons (Fsp3) is 0.944. The van der Waals surface area contributed by atoms with Crippen molar-refractivity contribution in [3.05, 3.63) is 0 Å². The lowest BCUT2D eigenvalue weighted by Gasteiger charge is -2.55. The van der Waals surface area contributed by atoms with Crippen LogP contribution in [0.5, 0.6) is 0 Å². The Labute approximate surface area is 134 Å². The van der Waals surface area contributed by atoms with Gasteiger partial charge in [0.25, 0.3) is 0 Å². The lowest BCUT2D eigenvalue weighted by Crippen LogP contribution is -2.53. The summed E-state index contributed by atoms with van der Waals surface area (Å²) in [5.41, 5.74) is 0.0215. The van der Waals surface area contributed by atoms with E-state index >= 15 is 0 Å². The van der Waals surface area contributed by atoms with Crippen LogP contribution in [0.25, 0.3) is 0 Å². The third-order valence-electron chi connectivity index (χ3n) is 6.56. The lowest BCUT2D eigenvalue weighted by molar-refractivity contribution is -0.146. The summed E-state index contributed by atoms with van der Waals surface area (Å²) in [7, 11) is 0. The molecule has 5 rings (SSSR count). The Morgan fingerprint density at radius 1 is 1.05 bits per heavy atom. The van der Waals surface area contributed by atoms with Gasteiger partial charge < -0.3 is 10.1 Å². The van der Waals surface area contributed by atoms with Crippen LogP contribution < -0.4 is 5.32 Å². The van der Waals surface area contributed by atoms with Crippen LogP contribution in [0.2, 0.25) is 0 Å². The molecule has 1 aliphatic heterocycles. The van der Waals surface area contributed by atoms with Gasteiger partial charge in [-0.2, -0.15) is 0 Å². The minimum atomic E-state index is 0.0215. The monoisotopic (exact) mass is 306 g/mol. The van der Waals surface area contributed by atoms with Crippen molar-refractivity contribution < 1.29 is 9.53 Å². The second kappa shape index (κ2) is 6.12. The molecule has 0 radical (unpaired) electrons. The smallest absolute Gasteiger partial charge is 0.226 e. The second-order valence-corrected chi connectivity index (χ2v) is 8.26. The predicted octanol–water partition coefficient (Wildman–Crippen LogP) is 2.04. The van der Waals surface area contributed by atoms with E-state index in [0.717, 1.165) is 63.6 Å². The van der Waals surface area contributed by atoms with Crippen molar-refractivity contribution in [2.75, 3.05) is 39.4 Å². The first-order valence-corrected chi connectivity index (χ1v) is 9.32. The van der Waals surface area contributed by atoms with Crippen LogP contribution in [0, 0.1) is 23.2 Å². The molecule has 1 amide bonds. The molecule has 22 heavy (non-hydrogen) atoms. The van der Waals surface area contributed by atoms with Crippen molar-refractivity contribution in [3.8, 4) is 0 Å². The van der Waals surface area contributed by atoms with E-state index in [4.69, 9.17) is 4.74 Å². The number of carbonyl (C=O) groups is 1. The Balaban J connectivity index is 1.24. The van der Waals surface area contributed by atoms with Crippen LogP contribution in [-0.2, 0) is 9.53 Å². The van der Waals surface area contributed by atoms with Crippen molar-refractivity contribution in [3.63, 3.8) is 0 Å². The maximum atomic E-state index is 12.8. The third-order valence-corrected chi connectivity index (χ3v) is 6.56. The molecule has 5 aliphatic rings. The van der Waals surface area contributed by atoms with E-state index < -0.39 is 0 Å². The van der Waals surface area contributed by atoms with Gasteiger partial charge in [0.2, 0.25) is 5.91 Å². The van der Waals surface area contributed by atoms with Crippen molar-refractivity contribution in [1.29, 1.82) is 0 Å². The number of amides is 1. The van der Waals surface area contributed by atoms with E-state index in [9.17, 15) is 4.79 Å². The molecule has 124 valence electrons. The van der Waals surface area contributed by atoms with Gasteiger partial charge in [0, 0.05) is 25.0 Å². The summed E-state index contributed by atoms with van der Waals surface area (Å²) in [5, 5.41) is 3.28. The van der Waals surface area contributed by atoms with Crippen molar-refractivity contribution in [2.45, 2.75) is 44.9 Å². The van der Waals surface area contributed by atoms with E-state index in [1.54, 1.807) is 0 Å². The van der Waals surface area contributed by atoms with Gasteiger partial charge in [0.1, 0.15) is 0 Å². The van der Waals surface area contributed by atoms with Gasteiger partial charge >= 0.3 is 0 Å². The van der Waals surface area contributed by atoms with Crippen LogP contribution in [0.1, 0.15) is 44.9 Å². The van der Waals surface area contributed by atoms with Gasteiger partial charge in [0.05, 0.1) is 13.2 Å². The largest absolute Gasteiger partial charge is 0.379 e. The van der Waals surface area contributed by atoms with Crippen LogP contribution in [0.3, 0.4) is 0 Å². The minimum absolute atomic E-state index is 0.0215. The summed E-state index contributed by atoms with van der Waals surface area (Å²) >= 11 is 0. The zero-order chi connectivity index (χ0) is 15.0. The summed E-state index contributed by atoms with van der Waals surface area (Å²) in [5.74, 6) is 2.94. The van der Waals surface area contributed by atoms with E-state index in [2.05, 4.69) is 10.2 Å². The molecule has 4 aliphatic carbocycles. The van der Waals surface area contributed by atoms with Gasteiger partial charge in [-0.15, -0.1) is 0 Å². The van der Waals surface area contributed by atoms with Crippen molar-refractivity contribution >= 4 is 5.91 Å². The molecule has 4 heteroatoms. The van der Waals surface area contributed by atoms with Gasteiger partial charge in [-0.3, -0.25) is 9.69 Å². The molecule has 1 N–H and O–H groups in total. The molecule has 4 saturated carbocycles. The number of nitrogens with one attached hydrogen (secondary N) is 1. The highest BCUT2D eigenvalue weighted by molar-refractivity contribution is 5.83. The number of morpholine rings is 1. The maximum Gasteiger partial charge on any atom is 0.226 e. The fourth-order valence-corrected chi connectivity index (χ4v) is 5.91.